The van der Waals surface area contributed by atoms with Crippen molar-refractivity contribution in [1.82, 2.24) is 9.62 Å². The van der Waals surface area contributed by atoms with E-state index in [9.17, 15) is 13.2 Å². The Balaban J connectivity index is 1.61. The van der Waals surface area contributed by atoms with E-state index in [1.54, 1.807) is 36.1 Å². The minimum Gasteiger partial charge on any atom is -0.368 e. The lowest BCUT2D eigenvalue weighted by atomic mass is 10.1. The van der Waals surface area contributed by atoms with Crippen molar-refractivity contribution in [2.24, 2.45) is 0 Å². The summed E-state index contributed by atoms with van der Waals surface area (Å²) in [6.07, 6.45) is 0. The number of nitrogens with zero attached hydrogens (tertiary/aromatic N) is 2. The molecule has 0 radical (unpaired) electrons. The minimum absolute atomic E-state index is 0.156. The fourth-order valence-corrected chi connectivity index (χ4v) is 4.80. The number of halogens is 1. The van der Waals surface area contributed by atoms with E-state index in [1.165, 1.54) is 0 Å². The van der Waals surface area contributed by atoms with Gasteiger partial charge >= 0.3 is 0 Å². The Bertz CT molecular complexity index is 985. The van der Waals surface area contributed by atoms with E-state index in [0.29, 0.717) is 31.2 Å². The standard InChI is InChI=1S/C21H26ClN3O3S/c1-15-4-8-19(9-5-15)29(27,28)23-17(3)21(26)25-12-10-24(11-13-25)20-14-18(22)7-6-16(20)2/h4-9,14,17,23H,10-13H2,1-3H3/t17-/m0/s1. The highest BCUT2D eigenvalue weighted by Crippen LogP contribution is 2.25. The van der Waals surface area contributed by atoms with Crippen LogP contribution in [0.5, 0.6) is 0 Å². The third-order valence-corrected chi connectivity index (χ3v) is 6.93. The third kappa shape index (κ3) is 5.10. The quantitative estimate of drug-likeness (QED) is 0.783. The molecular weight excluding hydrogens is 410 g/mol. The molecule has 1 saturated heterocycles. The van der Waals surface area contributed by atoms with Crippen LogP contribution >= 0.6 is 11.6 Å². The van der Waals surface area contributed by atoms with E-state index in [2.05, 4.69) is 9.62 Å². The molecule has 0 bridgehead atoms. The van der Waals surface area contributed by atoms with Crippen molar-refractivity contribution in [3.63, 3.8) is 0 Å². The molecule has 8 heteroatoms. The van der Waals surface area contributed by atoms with E-state index in [0.717, 1.165) is 16.8 Å². The molecule has 1 heterocycles. The van der Waals surface area contributed by atoms with Gasteiger partial charge in [0.05, 0.1) is 10.9 Å². The molecule has 2 aromatic carbocycles. The monoisotopic (exact) mass is 435 g/mol. The first kappa shape index (κ1) is 21.6. The van der Waals surface area contributed by atoms with Gasteiger partial charge in [-0.25, -0.2) is 8.42 Å². The number of rotatable bonds is 5. The summed E-state index contributed by atoms with van der Waals surface area (Å²) in [5.41, 5.74) is 3.17. The maximum absolute atomic E-state index is 12.8. The normalized spacial score (nSPS) is 16.0. The van der Waals surface area contributed by atoms with Crippen LogP contribution in [0.2, 0.25) is 5.02 Å². The van der Waals surface area contributed by atoms with Crippen LogP contribution in [0, 0.1) is 13.8 Å². The van der Waals surface area contributed by atoms with Crippen LogP contribution < -0.4 is 9.62 Å². The molecule has 1 fully saturated rings. The maximum atomic E-state index is 12.8. The number of sulfonamides is 1. The van der Waals surface area contributed by atoms with Gasteiger partial charge in [-0.15, -0.1) is 0 Å². The molecule has 1 aliphatic rings. The Hall–Kier alpha value is -2.09. The van der Waals surface area contributed by atoms with Gasteiger partial charge in [-0.05, 0) is 50.6 Å². The number of piperazine rings is 1. The second-order valence-corrected chi connectivity index (χ2v) is 9.55. The summed E-state index contributed by atoms with van der Waals surface area (Å²) in [6.45, 7) is 7.91. The molecule has 1 N–H and O–H groups in total. The summed E-state index contributed by atoms with van der Waals surface area (Å²) >= 11 is 6.12. The number of anilines is 1. The molecule has 0 aliphatic carbocycles. The third-order valence-electron chi connectivity index (χ3n) is 5.14. The molecule has 6 nitrogen and oxygen atoms in total. The number of aryl methyl sites for hydroxylation is 2. The Morgan fingerprint density at radius 3 is 2.28 bits per heavy atom. The lowest BCUT2D eigenvalue weighted by molar-refractivity contribution is -0.132. The predicted molar refractivity (Wildman–Crippen MR) is 116 cm³/mol. The van der Waals surface area contributed by atoms with Gasteiger partial charge in [0.25, 0.3) is 0 Å². The van der Waals surface area contributed by atoms with Crippen LogP contribution in [0.4, 0.5) is 5.69 Å². The fraction of sp³-hybridized carbons (Fsp3) is 0.381. The summed E-state index contributed by atoms with van der Waals surface area (Å²) in [7, 11) is -3.75. The largest absolute Gasteiger partial charge is 0.368 e. The molecule has 1 atom stereocenters. The molecule has 0 aromatic heterocycles. The van der Waals surface area contributed by atoms with Crippen LogP contribution in [0.15, 0.2) is 47.4 Å². The fourth-order valence-electron chi connectivity index (χ4n) is 3.43. The van der Waals surface area contributed by atoms with Crippen molar-refractivity contribution in [1.29, 1.82) is 0 Å². The number of nitrogens with one attached hydrogen (secondary N) is 1. The van der Waals surface area contributed by atoms with Crippen LogP contribution in [0.25, 0.3) is 0 Å². The number of benzene rings is 2. The number of amides is 1. The number of hydrogen-bond acceptors (Lipinski definition) is 4. The second kappa shape index (κ2) is 8.73. The molecule has 0 unspecified atom stereocenters. The van der Waals surface area contributed by atoms with Crippen LogP contribution in [-0.4, -0.2) is 51.4 Å². The zero-order valence-electron chi connectivity index (χ0n) is 16.9. The molecule has 0 saturated carbocycles. The van der Waals surface area contributed by atoms with E-state index in [-0.39, 0.29) is 10.8 Å². The topological polar surface area (TPSA) is 69.7 Å². The van der Waals surface area contributed by atoms with E-state index < -0.39 is 16.1 Å². The van der Waals surface area contributed by atoms with Crippen LogP contribution in [0.3, 0.4) is 0 Å². The Morgan fingerprint density at radius 1 is 1.03 bits per heavy atom. The maximum Gasteiger partial charge on any atom is 0.241 e. The summed E-state index contributed by atoms with van der Waals surface area (Å²) in [5.74, 6) is -0.219. The highest BCUT2D eigenvalue weighted by atomic mass is 35.5. The smallest absolute Gasteiger partial charge is 0.241 e. The van der Waals surface area contributed by atoms with E-state index in [1.807, 2.05) is 32.0 Å². The minimum atomic E-state index is -3.75. The first-order valence-corrected chi connectivity index (χ1v) is 11.4. The van der Waals surface area contributed by atoms with E-state index >= 15 is 0 Å². The van der Waals surface area contributed by atoms with Crippen LogP contribution in [-0.2, 0) is 14.8 Å². The number of hydrogen-bond donors (Lipinski definition) is 1. The lowest BCUT2D eigenvalue weighted by Gasteiger charge is -2.37. The second-order valence-electron chi connectivity index (χ2n) is 7.40. The highest BCUT2D eigenvalue weighted by Gasteiger charge is 2.28. The van der Waals surface area contributed by atoms with Crippen molar-refractivity contribution < 1.29 is 13.2 Å². The van der Waals surface area contributed by atoms with Gasteiger partial charge in [0.15, 0.2) is 0 Å². The van der Waals surface area contributed by atoms with Crippen molar-refractivity contribution in [3.05, 3.63) is 58.6 Å². The average molecular weight is 436 g/mol. The first-order valence-electron chi connectivity index (χ1n) is 9.56. The molecule has 1 aliphatic heterocycles. The van der Waals surface area contributed by atoms with E-state index in [4.69, 9.17) is 11.6 Å². The van der Waals surface area contributed by atoms with Gasteiger partial charge in [0.2, 0.25) is 15.9 Å². The van der Waals surface area contributed by atoms with Gasteiger partial charge in [-0.1, -0.05) is 35.4 Å². The number of carbonyl (C=O) groups is 1. The van der Waals surface area contributed by atoms with Gasteiger partial charge in [0, 0.05) is 36.9 Å². The van der Waals surface area contributed by atoms with Crippen molar-refractivity contribution in [2.75, 3.05) is 31.1 Å². The van der Waals surface area contributed by atoms with Crippen molar-refractivity contribution in [3.8, 4) is 0 Å². The first-order chi connectivity index (χ1) is 13.7. The summed E-state index contributed by atoms with van der Waals surface area (Å²) < 4.78 is 27.6. The SMILES string of the molecule is Cc1ccc(S(=O)(=O)N[C@@H](C)C(=O)N2CCN(c3cc(Cl)ccc3C)CC2)cc1. The molecule has 3 rings (SSSR count). The highest BCUT2D eigenvalue weighted by molar-refractivity contribution is 7.89. The Kier molecular flexibility index (Phi) is 6.51. The number of carbonyl (C=O) groups excluding carboxylic acids is 1. The molecule has 1 amide bonds. The van der Waals surface area contributed by atoms with Crippen molar-refractivity contribution >= 4 is 33.2 Å². The van der Waals surface area contributed by atoms with Gasteiger partial charge < -0.3 is 9.80 Å². The summed E-state index contributed by atoms with van der Waals surface area (Å²) in [5, 5.41) is 0.684. The van der Waals surface area contributed by atoms with Gasteiger partial charge in [-0.2, -0.15) is 4.72 Å². The molecule has 156 valence electrons. The molecule has 29 heavy (non-hydrogen) atoms. The van der Waals surface area contributed by atoms with Crippen molar-refractivity contribution in [2.45, 2.75) is 31.7 Å². The Morgan fingerprint density at radius 2 is 1.66 bits per heavy atom. The zero-order valence-corrected chi connectivity index (χ0v) is 18.4. The average Bonchev–Trinajstić information content (AvgIpc) is 2.69. The summed E-state index contributed by atoms with van der Waals surface area (Å²) in [6, 6.07) is 11.5. The molecular formula is C21H26ClN3O3S. The Labute approximate surface area is 177 Å². The lowest BCUT2D eigenvalue weighted by Crippen LogP contribution is -2.54. The van der Waals surface area contributed by atoms with Crippen LogP contribution in [0.1, 0.15) is 18.1 Å². The summed E-state index contributed by atoms with van der Waals surface area (Å²) in [4.78, 5) is 16.8. The predicted octanol–water partition coefficient (Wildman–Crippen LogP) is 2.97. The molecule has 0 spiro atoms. The van der Waals surface area contributed by atoms with Gasteiger partial charge in [-0.3, -0.25) is 4.79 Å². The van der Waals surface area contributed by atoms with Gasteiger partial charge in [0.1, 0.15) is 0 Å². The zero-order chi connectivity index (χ0) is 21.2. The molecule has 2 aromatic rings.